The fourth-order valence-corrected chi connectivity index (χ4v) is 9.35. The van der Waals surface area contributed by atoms with E-state index < -0.39 is 26.0 Å². The van der Waals surface area contributed by atoms with Gasteiger partial charge in [0.15, 0.2) is 11.5 Å². The molecule has 6 rings (SSSR count). The number of ether oxygens (including phenoxy) is 3. The van der Waals surface area contributed by atoms with Crippen molar-refractivity contribution in [2.45, 2.75) is 29.1 Å². The second-order valence-electron chi connectivity index (χ2n) is 11.4. The summed E-state index contributed by atoms with van der Waals surface area (Å²) in [5, 5.41) is 2.87. The van der Waals surface area contributed by atoms with Crippen molar-refractivity contribution in [2.75, 3.05) is 74.7 Å². The molecule has 0 radical (unpaired) electrons. The third kappa shape index (κ3) is 6.55. The predicted octanol–water partition coefficient (Wildman–Crippen LogP) is 3.73. The molecule has 0 aromatic heterocycles. The first kappa shape index (κ1) is 32.8. The van der Waals surface area contributed by atoms with E-state index in [0.717, 1.165) is 37.2 Å². The van der Waals surface area contributed by atoms with Crippen LogP contribution in [0.4, 0.5) is 17.1 Å². The SMILES string of the molecule is COc1cc(/C=C/C(=O)Nc2cc(S(=O)(=O)N3CCOCC3)ccc2N2CCCC2)cc(S(=O)(=O)N2CCc3ccccc32)c1OC. The molecule has 0 saturated carbocycles. The van der Waals surface area contributed by atoms with Crippen LogP contribution in [0.1, 0.15) is 24.0 Å². The van der Waals surface area contributed by atoms with Gasteiger partial charge in [-0.3, -0.25) is 9.10 Å². The molecule has 0 atom stereocenters. The molecule has 2 fully saturated rings. The average molecular weight is 683 g/mol. The van der Waals surface area contributed by atoms with Gasteiger partial charge >= 0.3 is 0 Å². The molecule has 12 nitrogen and oxygen atoms in total. The van der Waals surface area contributed by atoms with Crippen LogP contribution in [0.3, 0.4) is 0 Å². The third-order valence-electron chi connectivity index (χ3n) is 8.59. The molecule has 3 aromatic carbocycles. The second kappa shape index (κ2) is 13.6. The van der Waals surface area contributed by atoms with Crippen LogP contribution in [0.2, 0.25) is 0 Å². The Bertz CT molecular complexity index is 1900. The summed E-state index contributed by atoms with van der Waals surface area (Å²) in [6, 6.07) is 15.2. The number of nitrogens with zero attached hydrogens (tertiary/aromatic N) is 3. The van der Waals surface area contributed by atoms with E-state index in [1.807, 2.05) is 12.1 Å². The highest BCUT2D eigenvalue weighted by Gasteiger charge is 2.34. The maximum absolute atomic E-state index is 14.0. The third-order valence-corrected chi connectivity index (χ3v) is 12.3. The molecule has 250 valence electrons. The van der Waals surface area contributed by atoms with Crippen molar-refractivity contribution in [3.63, 3.8) is 0 Å². The molecule has 1 N–H and O–H groups in total. The van der Waals surface area contributed by atoms with Crippen molar-refractivity contribution in [1.82, 2.24) is 4.31 Å². The number of hydrogen-bond acceptors (Lipinski definition) is 9. The van der Waals surface area contributed by atoms with Crippen molar-refractivity contribution >= 4 is 49.1 Å². The first-order valence-corrected chi connectivity index (χ1v) is 18.3. The quantitative estimate of drug-likeness (QED) is 0.318. The zero-order valence-electron chi connectivity index (χ0n) is 26.3. The standard InChI is InChI=1S/C33H38N4O8S2/c1-43-30-21-24(22-31(33(30)44-2)47(41,42)37-16-13-25-7-3-4-8-28(25)37)9-12-32(38)34-27-23-26(10-11-29(27)35-14-5-6-15-35)46(39,40)36-17-19-45-20-18-36/h3-4,7-12,21-23H,5-6,13-20H2,1-2H3,(H,34,38)/b12-9+. The van der Waals surface area contributed by atoms with Crippen LogP contribution in [-0.4, -0.2) is 87.2 Å². The molecule has 3 aliphatic rings. The van der Waals surface area contributed by atoms with E-state index in [0.29, 0.717) is 36.6 Å². The summed E-state index contributed by atoms with van der Waals surface area (Å²) < 4.78 is 73.9. The van der Waals surface area contributed by atoms with Crippen LogP contribution >= 0.6 is 0 Å². The minimum Gasteiger partial charge on any atom is -0.493 e. The number of morpholine rings is 1. The topological polar surface area (TPSA) is 135 Å². The van der Waals surface area contributed by atoms with Crippen molar-refractivity contribution in [3.8, 4) is 11.5 Å². The van der Waals surface area contributed by atoms with Gasteiger partial charge in [0.1, 0.15) is 4.90 Å². The summed E-state index contributed by atoms with van der Waals surface area (Å²) in [4.78, 5) is 15.5. The lowest BCUT2D eigenvalue weighted by molar-refractivity contribution is -0.111. The molecule has 0 unspecified atom stereocenters. The number of para-hydroxylation sites is 1. The molecular weight excluding hydrogens is 645 g/mol. The Kier molecular flexibility index (Phi) is 9.46. The van der Waals surface area contributed by atoms with Gasteiger partial charge < -0.3 is 24.4 Å². The number of nitrogens with one attached hydrogen (secondary N) is 1. The number of rotatable bonds is 10. The van der Waals surface area contributed by atoms with Gasteiger partial charge in [-0.15, -0.1) is 0 Å². The Morgan fingerprint density at radius 1 is 0.851 bits per heavy atom. The van der Waals surface area contributed by atoms with Gasteiger partial charge in [0.05, 0.1) is 49.4 Å². The molecule has 14 heteroatoms. The smallest absolute Gasteiger partial charge is 0.268 e. The number of anilines is 3. The predicted molar refractivity (Wildman–Crippen MR) is 179 cm³/mol. The van der Waals surface area contributed by atoms with Gasteiger partial charge in [-0.2, -0.15) is 4.31 Å². The summed E-state index contributed by atoms with van der Waals surface area (Å²) in [6.45, 7) is 3.03. The number of amides is 1. The molecule has 47 heavy (non-hydrogen) atoms. The number of carbonyl (C=O) groups is 1. The summed E-state index contributed by atoms with van der Waals surface area (Å²) >= 11 is 0. The van der Waals surface area contributed by atoms with E-state index in [9.17, 15) is 21.6 Å². The molecule has 1 amide bonds. The lowest BCUT2D eigenvalue weighted by Crippen LogP contribution is -2.40. The number of carbonyl (C=O) groups excluding carboxylic acids is 1. The van der Waals surface area contributed by atoms with E-state index in [-0.39, 0.29) is 40.9 Å². The Morgan fingerprint density at radius 2 is 1.60 bits per heavy atom. The molecule has 0 aliphatic carbocycles. The van der Waals surface area contributed by atoms with E-state index in [1.165, 1.54) is 47.1 Å². The lowest BCUT2D eigenvalue weighted by Gasteiger charge is -2.27. The van der Waals surface area contributed by atoms with E-state index in [1.54, 1.807) is 30.3 Å². The summed E-state index contributed by atoms with van der Waals surface area (Å²) in [6.07, 6.45) is 5.34. The molecule has 3 aliphatic heterocycles. The zero-order valence-corrected chi connectivity index (χ0v) is 28.0. The van der Waals surface area contributed by atoms with Crippen molar-refractivity contribution in [1.29, 1.82) is 0 Å². The summed E-state index contributed by atoms with van der Waals surface area (Å²) in [5.74, 6) is -0.260. The van der Waals surface area contributed by atoms with E-state index in [4.69, 9.17) is 14.2 Å². The molecule has 3 aromatic rings. The minimum atomic E-state index is -4.06. The van der Waals surface area contributed by atoms with Crippen molar-refractivity contribution < 1.29 is 35.8 Å². The van der Waals surface area contributed by atoms with Crippen LogP contribution in [0.15, 0.2) is 70.5 Å². The fraction of sp³-hybridized carbons (Fsp3) is 0.364. The average Bonchev–Trinajstić information content (AvgIpc) is 3.78. The molecule has 2 saturated heterocycles. The molecular formula is C33H38N4O8S2. The van der Waals surface area contributed by atoms with E-state index >= 15 is 0 Å². The Labute approximate surface area is 275 Å². The van der Waals surface area contributed by atoms with Gasteiger partial charge in [0, 0.05) is 38.8 Å². The maximum atomic E-state index is 14.0. The van der Waals surface area contributed by atoms with Crippen LogP contribution in [0.5, 0.6) is 11.5 Å². The molecule has 0 spiro atoms. The molecule has 3 heterocycles. The Hall–Kier alpha value is -4.11. The van der Waals surface area contributed by atoms with Crippen LogP contribution in [0, 0.1) is 0 Å². The Morgan fingerprint density at radius 3 is 2.32 bits per heavy atom. The van der Waals surface area contributed by atoms with Gasteiger partial charge in [-0.05, 0) is 72.9 Å². The van der Waals surface area contributed by atoms with Gasteiger partial charge in [-0.25, -0.2) is 16.8 Å². The highest BCUT2D eigenvalue weighted by atomic mass is 32.2. The summed E-state index contributed by atoms with van der Waals surface area (Å²) in [5.41, 5.74) is 3.05. The highest BCUT2D eigenvalue weighted by Crippen LogP contribution is 2.41. The minimum absolute atomic E-state index is 0.0621. The highest BCUT2D eigenvalue weighted by molar-refractivity contribution is 7.93. The van der Waals surface area contributed by atoms with E-state index in [2.05, 4.69) is 10.2 Å². The Balaban J connectivity index is 1.30. The normalized spacial score (nSPS) is 17.2. The number of fused-ring (bicyclic) bond motifs is 1. The maximum Gasteiger partial charge on any atom is 0.268 e. The number of sulfonamides is 2. The van der Waals surface area contributed by atoms with Gasteiger partial charge in [-0.1, -0.05) is 18.2 Å². The number of methoxy groups -OCH3 is 2. The van der Waals surface area contributed by atoms with Crippen LogP contribution in [-0.2, 0) is 36.0 Å². The fourth-order valence-electron chi connectivity index (χ4n) is 6.21. The van der Waals surface area contributed by atoms with Gasteiger partial charge in [0.2, 0.25) is 15.9 Å². The van der Waals surface area contributed by atoms with Crippen molar-refractivity contribution in [2.24, 2.45) is 0 Å². The number of benzene rings is 3. The van der Waals surface area contributed by atoms with Crippen molar-refractivity contribution in [3.05, 3.63) is 71.8 Å². The lowest BCUT2D eigenvalue weighted by atomic mass is 10.1. The number of hydrogen-bond donors (Lipinski definition) is 1. The largest absolute Gasteiger partial charge is 0.493 e. The zero-order chi connectivity index (χ0) is 33.2. The van der Waals surface area contributed by atoms with Crippen LogP contribution in [0.25, 0.3) is 6.08 Å². The second-order valence-corrected chi connectivity index (χ2v) is 15.2. The molecule has 0 bridgehead atoms. The van der Waals surface area contributed by atoms with Gasteiger partial charge in [0.25, 0.3) is 10.0 Å². The summed E-state index contributed by atoms with van der Waals surface area (Å²) in [7, 11) is -5.06. The first-order valence-electron chi connectivity index (χ1n) is 15.5. The van der Waals surface area contributed by atoms with Crippen LogP contribution < -0.4 is 24.0 Å². The first-order chi connectivity index (χ1) is 22.6. The monoisotopic (exact) mass is 682 g/mol.